The largest absolute Gasteiger partial charge is 0.504 e. The van der Waals surface area contributed by atoms with Gasteiger partial charge in [-0.1, -0.05) is 6.07 Å². The molecule has 184 valence electrons. The van der Waals surface area contributed by atoms with Crippen molar-refractivity contribution >= 4 is 5.97 Å². The summed E-state index contributed by atoms with van der Waals surface area (Å²) in [5.41, 5.74) is 1.09. The van der Waals surface area contributed by atoms with E-state index in [-0.39, 0.29) is 29.2 Å². The maximum atomic E-state index is 12.9. The number of methoxy groups -OCH3 is 3. The lowest BCUT2D eigenvalue weighted by Crippen LogP contribution is -2.34. The van der Waals surface area contributed by atoms with Crippen LogP contribution in [0, 0.1) is 0 Å². The van der Waals surface area contributed by atoms with Crippen LogP contribution in [0.15, 0.2) is 42.5 Å². The van der Waals surface area contributed by atoms with Crippen molar-refractivity contribution in [3.8, 4) is 46.0 Å². The molecule has 3 aromatic rings. The third-order valence-electron chi connectivity index (χ3n) is 5.68. The highest BCUT2D eigenvalue weighted by atomic mass is 16.6. The summed E-state index contributed by atoms with van der Waals surface area (Å²) in [6.45, 7) is 0. The summed E-state index contributed by atoms with van der Waals surface area (Å²) in [6.07, 6.45) is -1.45. The normalized spacial score (nSPS) is 16.5. The van der Waals surface area contributed by atoms with Crippen molar-refractivity contribution in [3.63, 3.8) is 0 Å². The molecule has 0 amide bonds. The lowest BCUT2D eigenvalue weighted by atomic mass is 9.94. The number of hydrogen-bond donors (Lipinski definition) is 4. The molecular weight excluding hydrogens is 460 g/mol. The number of phenols is 4. The molecule has 1 aliphatic rings. The molecule has 0 aromatic heterocycles. The molecule has 10 nitrogen and oxygen atoms in total. The summed E-state index contributed by atoms with van der Waals surface area (Å²) in [5.74, 6) is -1.76. The van der Waals surface area contributed by atoms with Crippen molar-refractivity contribution in [3.05, 3.63) is 59.2 Å². The summed E-state index contributed by atoms with van der Waals surface area (Å²) in [6, 6.07) is 10.3. The second kappa shape index (κ2) is 9.41. The number of rotatable bonds is 6. The van der Waals surface area contributed by atoms with Gasteiger partial charge in [-0.2, -0.15) is 0 Å². The van der Waals surface area contributed by atoms with E-state index in [9.17, 15) is 25.2 Å². The minimum absolute atomic E-state index is 0.137. The summed E-state index contributed by atoms with van der Waals surface area (Å²) < 4.78 is 27.8. The molecule has 2 atom stereocenters. The van der Waals surface area contributed by atoms with E-state index in [1.165, 1.54) is 21.3 Å². The third kappa shape index (κ3) is 4.50. The van der Waals surface area contributed by atoms with Crippen LogP contribution < -0.4 is 18.9 Å². The van der Waals surface area contributed by atoms with Crippen LogP contribution in [0.25, 0.3) is 0 Å². The van der Waals surface area contributed by atoms with Crippen molar-refractivity contribution < 1.29 is 48.9 Å². The van der Waals surface area contributed by atoms with Gasteiger partial charge < -0.3 is 44.1 Å². The first-order valence-electron chi connectivity index (χ1n) is 10.5. The Bertz CT molecular complexity index is 1220. The first-order valence-corrected chi connectivity index (χ1v) is 10.5. The number of fused-ring (bicyclic) bond motifs is 1. The Morgan fingerprint density at radius 1 is 0.857 bits per heavy atom. The van der Waals surface area contributed by atoms with Crippen LogP contribution in [0.1, 0.15) is 27.6 Å². The zero-order valence-corrected chi connectivity index (χ0v) is 19.1. The Kier molecular flexibility index (Phi) is 6.37. The molecule has 0 spiro atoms. The number of ether oxygens (including phenoxy) is 5. The molecule has 0 fully saturated rings. The zero-order valence-electron chi connectivity index (χ0n) is 19.1. The average molecular weight is 484 g/mol. The molecular formula is C25H24O10. The van der Waals surface area contributed by atoms with Gasteiger partial charge in [0, 0.05) is 18.1 Å². The number of esters is 1. The highest BCUT2D eigenvalue weighted by Crippen LogP contribution is 2.44. The van der Waals surface area contributed by atoms with E-state index in [1.54, 1.807) is 30.3 Å². The van der Waals surface area contributed by atoms with Crippen LogP contribution in [0.5, 0.6) is 46.0 Å². The van der Waals surface area contributed by atoms with Gasteiger partial charge in [-0.3, -0.25) is 0 Å². The van der Waals surface area contributed by atoms with Gasteiger partial charge in [-0.15, -0.1) is 0 Å². The van der Waals surface area contributed by atoms with E-state index in [0.29, 0.717) is 17.1 Å². The quantitative estimate of drug-likeness (QED) is 0.303. The third-order valence-corrected chi connectivity index (χ3v) is 5.68. The van der Waals surface area contributed by atoms with Gasteiger partial charge in [-0.25, -0.2) is 4.79 Å². The summed E-state index contributed by atoms with van der Waals surface area (Å²) >= 11 is 0. The molecule has 35 heavy (non-hydrogen) atoms. The molecule has 0 aliphatic carbocycles. The number of carbonyl (C=O) groups excluding carboxylic acids is 1. The van der Waals surface area contributed by atoms with E-state index in [4.69, 9.17) is 23.7 Å². The predicted octanol–water partition coefficient (Wildman–Crippen LogP) is 3.44. The van der Waals surface area contributed by atoms with Crippen molar-refractivity contribution in [2.45, 2.75) is 18.6 Å². The molecule has 0 bridgehead atoms. The number of aromatic hydroxyl groups is 4. The van der Waals surface area contributed by atoms with Crippen LogP contribution in [-0.4, -0.2) is 53.8 Å². The Balaban J connectivity index is 1.75. The van der Waals surface area contributed by atoms with Crippen LogP contribution in [0.4, 0.5) is 0 Å². The van der Waals surface area contributed by atoms with E-state index >= 15 is 0 Å². The van der Waals surface area contributed by atoms with Gasteiger partial charge in [0.1, 0.15) is 17.6 Å². The average Bonchev–Trinajstić information content (AvgIpc) is 2.86. The first kappa shape index (κ1) is 23.7. The monoisotopic (exact) mass is 484 g/mol. The second-order valence-corrected chi connectivity index (χ2v) is 7.80. The lowest BCUT2D eigenvalue weighted by Gasteiger charge is -2.34. The van der Waals surface area contributed by atoms with Crippen molar-refractivity contribution in [1.82, 2.24) is 0 Å². The number of benzene rings is 3. The minimum Gasteiger partial charge on any atom is -0.504 e. The Labute approximate surface area is 200 Å². The molecule has 1 heterocycles. The Morgan fingerprint density at radius 3 is 2.06 bits per heavy atom. The van der Waals surface area contributed by atoms with Crippen LogP contribution in [-0.2, 0) is 11.2 Å². The maximum Gasteiger partial charge on any atom is 0.338 e. The van der Waals surface area contributed by atoms with Gasteiger partial charge in [0.25, 0.3) is 0 Å². The van der Waals surface area contributed by atoms with Crippen LogP contribution in [0.3, 0.4) is 0 Å². The molecule has 4 rings (SSSR count). The van der Waals surface area contributed by atoms with Gasteiger partial charge in [0.05, 0.1) is 26.9 Å². The molecule has 1 aliphatic heterocycles. The first-order chi connectivity index (χ1) is 16.7. The van der Waals surface area contributed by atoms with Crippen molar-refractivity contribution in [2.24, 2.45) is 0 Å². The van der Waals surface area contributed by atoms with E-state index < -0.39 is 35.4 Å². The fourth-order valence-corrected chi connectivity index (χ4v) is 3.87. The molecule has 10 heteroatoms. The minimum atomic E-state index is -0.861. The van der Waals surface area contributed by atoms with Gasteiger partial charge in [0.15, 0.2) is 34.9 Å². The molecule has 0 unspecified atom stereocenters. The highest BCUT2D eigenvalue weighted by molar-refractivity contribution is 5.91. The topological polar surface area (TPSA) is 144 Å². The maximum absolute atomic E-state index is 12.9. The fourth-order valence-electron chi connectivity index (χ4n) is 3.87. The summed E-state index contributed by atoms with van der Waals surface area (Å²) in [7, 11) is 4.31. The number of phenolic OH excluding ortho intramolecular Hbond substituents is 4. The standard InChI is InChI=1S/C25H24O10/c1-31-15-5-4-12-8-21(35-25(30)14-6-16(26)22(28)17(27)7-14)24(34-18(12)11-15)13-9-19(32-2)23(29)20(10-13)33-3/h4-7,9-11,21,24,26-29H,8H2,1-3H3/t21-,24-/m1/s1. The fraction of sp³-hybridized carbons (Fsp3) is 0.240. The second-order valence-electron chi connectivity index (χ2n) is 7.80. The Hall–Kier alpha value is -4.47. The summed E-state index contributed by atoms with van der Waals surface area (Å²) in [5, 5.41) is 39.4. The molecule has 0 saturated heterocycles. The number of carbonyl (C=O) groups is 1. The predicted molar refractivity (Wildman–Crippen MR) is 122 cm³/mol. The lowest BCUT2D eigenvalue weighted by molar-refractivity contribution is -0.0185. The number of hydrogen-bond acceptors (Lipinski definition) is 10. The van der Waals surface area contributed by atoms with Crippen LogP contribution in [0.2, 0.25) is 0 Å². The van der Waals surface area contributed by atoms with Gasteiger partial charge in [-0.05, 0) is 35.9 Å². The van der Waals surface area contributed by atoms with Crippen LogP contribution >= 0.6 is 0 Å². The summed E-state index contributed by atoms with van der Waals surface area (Å²) in [4.78, 5) is 12.9. The van der Waals surface area contributed by atoms with Gasteiger partial charge >= 0.3 is 5.97 Å². The van der Waals surface area contributed by atoms with Crippen molar-refractivity contribution in [2.75, 3.05) is 21.3 Å². The van der Waals surface area contributed by atoms with Gasteiger partial charge in [0.2, 0.25) is 5.75 Å². The van der Waals surface area contributed by atoms with E-state index in [2.05, 4.69) is 0 Å². The smallest absolute Gasteiger partial charge is 0.338 e. The zero-order chi connectivity index (χ0) is 25.3. The van der Waals surface area contributed by atoms with E-state index in [1.807, 2.05) is 0 Å². The van der Waals surface area contributed by atoms with Crippen molar-refractivity contribution in [1.29, 1.82) is 0 Å². The van der Waals surface area contributed by atoms with E-state index in [0.717, 1.165) is 17.7 Å². The SMILES string of the molecule is COc1ccc2c(c1)O[C@H](c1cc(OC)c(O)c(OC)c1)[C@H](OC(=O)c1cc(O)c(O)c(O)c1)C2. The molecule has 0 saturated carbocycles. The molecule has 3 aromatic carbocycles. The Morgan fingerprint density at radius 2 is 1.49 bits per heavy atom. The molecule has 4 N–H and O–H groups in total. The molecule has 0 radical (unpaired) electrons. The highest BCUT2D eigenvalue weighted by Gasteiger charge is 2.36.